The highest BCUT2D eigenvalue weighted by Gasteiger charge is 2.32. The van der Waals surface area contributed by atoms with E-state index in [0.717, 1.165) is 49.8 Å². The molecule has 0 aliphatic rings. The molecule has 0 fully saturated rings. The minimum Gasteiger partial charge on any atom is -0.508 e. The van der Waals surface area contributed by atoms with Crippen LogP contribution in [-0.2, 0) is 40.1 Å². The van der Waals surface area contributed by atoms with Gasteiger partial charge in [0.25, 0.3) is 5.91 Å². The molecular formula is C45H47N9O6. The van der Waals surface area contributed by atoms with E-state index >= 15 is 0 Å². The van der Waals surface area contributed by atoms with Crippen LogP contribution in [0.5, 0.6) is 5.75 Å². The van der Waals surface area contributed by atoms with Crippen molar-refractivity contribution in [3.05, 3.63) is 149 Å². The Kier molecular flexibility index (Phi) is 12.5. The summed E-state index contributed by atoms with van der Waals surface area (Å²) in [5.74, 6) is -0.282. The number of nitrogens with zero attached hydrogens (tertiary/aromatic N) is 4. The maximum absolute atomic E-state index is 14.6. The molecule has 0 aliphatic heterocycles. The predicted octanol–water partition coefficient (Wildman–Crippen LogP) is 5.98. The molecule has 7 rings (SSSR count). The third-order valence-corrected chi connectivity index (χ3v) is 10.5. The molecule has 0 saturated heterocycles. The third-order valence-electron chi connectivity index (χ3n) is 10.5. The Balaban J connectivity index is 1.16. The van der Waals surface area contributed by atoms with Crippen molar-refractivity contribution in [2.45, 2.75) is 70.7 Å². The minimum atomic E-state index is -1.31. The number of anilines is 1. The smallest absolute Gasteiger partial charge is 0.405 e. The molecule has 3 heterocycles. The molecule has 8 N–H and O–H groups in total. The molecule has 0 spiro atoms. The molecule has 60 heavy (non-hydrogen) atoms. The zero-order chi connectivity index (χ0) is 42.2. The monoisotopic (exact) mass is 809 g/mol. The van der Waals surface area contributed by atoms with Crippen LogP contribution < -0.4 is 22.1 Å². The van der Waals surface area contributed by atoms with Gasteiger partial charge in [-0.15, -0.1) is 0 Å². The Morgan fingerprint density at radius 3 is 2.35 bits per heavy atom. The van der Waals surface area contributed by atoms with Gasteiger partial charge in [-0.05, 0) is 83.8 Å². The molecule has 3 atom stereocenters. The van der Waals surface area contributed by atoms with Crippen molar-refractivity contribution in [3.63, 3.8) is 0 Å². The van der Waals surface area contributed by atoms with Crippen molar-refractivity contribution in [2.24, 2.45) is 5.73 Å². The number of aromatic amines is 1. The Bertz CT molecular complexity index is 2560. The lowest BCUT2D eigenvalue weighted by Gasteiger charge is -2.25. The second kappa shape index (κ2) is 18.4. The Labute approximate surface area is 346 Å². The first-order valence-electron chi connectivity index (χ1n) is 19.6. The van der Waals surface area contributed by atoms with Crippen molar-refractivity contribution < 1.29 is 28.8 Å². The van der Waals surface area contributed by atoms with Crippen LogP contribution in [0.15, 0.2) is 114 Å². The van der Waals surface area contributed by atoms with Crippen molar-refractivity contribution in [2.75, 3.05) is 5.73 Å². The van der Waals surface area contributed by atoms with Crippen LogP contribution in [0.25, 0.3) is 22.0 Å². The summed E-state index contributed by atoms with van der Waals surface area (Å²) in [7, 11) is 0. The number of phenolic OH excluding ortho intramolecular Hbond substituents is 1. The topological polar surface area (TPSA) is 229 Å². The second-order valence-electron chi connectivity index (χ2n) is 14.8. The van der Waals surface area contributed by atoms with E-state index in [1.807, 2.05) is 86.8 Å². The fourth-order valence-electron chi connectivity index (χ4n) is 7.43. The van der Waals surface area contributed by atoms with E-state index < -0.39 is 36.1 Å². The SMILES string of the molecule is Cc1cc(O)cc(C)c1C[C@H](NC(=O)[C@@H](CCCn1ccnc1N)OC(N)=O)C(=O)N[C@@H](Cc1c[nH]c2ccccc12)c1nc(Cc2ccc(-c3ccccc3)cc2)no1. The number of ether oxygens (including phenoxy) is 1. The number of amides is 3. The van der Waals surface area contributed by atoms with Gasteiger partial charge in [-0.3, -0.25) is 9.59 Å². The average molecular weight is 810 g/mol. The van der Waals surface area contributed by atoms with Crippen LogP contribution in [0.1, 0.15) is 58.4 Å². The van der Waals surface area contributed by atoms with E-state index in [2.05, 4.69) is 37.9 Å². The summed E-state index contributed by atoms with van der Waals surface area (Å²) in [5.41, 5.74) is 18.5. The highest BCUT2D eigenvalue weighted by molar-refractivity contribution is 5.91. The highest BCUT2D eigenvalue weighted by atomic mass is 16.6. The van der Waals surface area contributed by atoms with Gasteiger partial charge in [0.2, 0.25) is 11.8 Å². The van der Waals surface area contributed by atoms with E-state index in [-0.39, 0.29) is 30.9 Å². The number of primary amides is 1. The van der Waals surface area contributed by atoms with Crippen LogP contribution in [0, 0.1) is 13.8 Å². The number of H-pyrrole nitrogens is 1. The molecule has 4 aromatic carbocycles. The molecule has 3 aromatic heterocycles. The number of imidazole rings is 1. The second-order valence-corrected chi connectivity index (χ2v) is 14.8. The molecule has 0 radical (unpaired) electrons. The Morgan fingerprint density at radius 1 is 0.917 bits per heavy atom. The van der Waals surface area contributed by atoms with Gasteiger partial charge >= 0.3 is 6.09 Å². The average Bonchev–Trinajstić information content (AvgIpc) is 3.98. The molecule has 3 amide bonds. The summed E-state index contributed by atoms with van der Waals surface area (Å²) in [5, 5.41) is 21.5. The summed E-state index contributed by atoms with van der Waals surface area (Å²) in [6.07, 6.45) is 3.84. The quantitative estimate of drug-likeness (QED) is 0.0630. The Morgan fingerprint density at radius 2 is 1.63 bits per heavy atom. The predicted molar refractivity (Wildman–Crippen MR) is 225 cm³/mol. The van der Waals surface area contributed by atoms with Crippen LogP contribution in [0.4, 0.5) is 10.7 Å². The van der Waals surface area contributed by atoms with Crippen LogP contribution in [-0.4, -0.2) is 59.8 Å². The number of phenols is 1. The number of carbonyl (C=O) groups excluding carboxylic acids is 3. The van der Waals surface area contributed by atoms with Crippen LogP contribution >= 0.6 is 0 Å². The molecule has 0 saturated carbocycles. The van der Waals surface area contributed by atoms with Gasteiger partial charge in [-0.25, -0.2) is 9.78 Å². The van der Waals surface area contributed by atoms with Gasteiger partial charge in [0, 0.05) is 55.3 Å². The molecule has 7 aromatic rings. The lowest BCUT2D eigenvalue weighted by atomic mass is 9.95. The fraction of sp³-hybridized carbons (Fsp3) is 0.244. The zero-order valence-electron chi connectivity index (χ0n) is 33.3. The van der Waals surface area contributed by atoms with Gasteiger partial charge in [0.05, 0.1) is 0 Å². The van der Waals surface area contributed by atoms with E-state index in [1.165, 1.54) is 0 Å². The first-order valence-corrected chi connectivity index (χ1v) is 19.6. The Hall–Kier alpha value is -7.42. The number of rotatable bonds is 17. The number of aryl methyl sites for hydroxylation is 3. The van der Waals surface area contributed by atoms with Crippen molar-refractivity contribution in [1.82, 2.24) is 35.3 Å². The lowest BCUT2D eigenvalue weighted by molar-refractivity contribution is -0.134. The molecule has 0 bridgehead atoms. The molecule has 15 nitrogen and oxygen atoms in total. The van der Waals surface area contributed by atoms with Crippen molar-refractivity contribution in [3.8, 4) is 16.9 Å². The minimum absolute atomic E-state index is 0.0399. The standard InChI is InChI=1S/C45H47N9O6/c1-27-21-33(55)22-28(2)35(27)25-37(50-42(57)39(59-45(47)58)13-8-19-54-20-18-48-44(54)46)41(56)51-38(24-32-26-49-36-12-7-6-11-34(32)36)43-52-40(53-60-43)23-29-14-16-31(17-15-29)30-9-4-3-5-10-30/h3-7,9-12,14-18,20-22,26,37-39,49,55H,8,13,19,23-25H2,1-2H3,(H2,46,48)(H2,47,58)(H,50,57)(H,51,56)/t37-,38-,39+/m0/s1. The summed E-state index contributed by atoms with van der Waals surface area (Å²) < 4.78 is 12.8. The van der Waals surface area contributed by atoms with Crippen LogP contribution in [0.2, 0.25) is 0 Å². The number of aromatic hydroxyl groups is 1. The van der Waals surface area contributed by atoms with E-state index in [0.29, 0.717) is 31.2 Å². The lowest BCUT2D eigenvalue weighted by Crippen LogP contribution is -2.52. The summed E-state index contributed by atoms with van der Waals surface area (Å²) >= 11 is 0. The van der Waals surface area contributed by atoms with E-state index in [9.17, 15) is 19.5 Å². The summed E-state index contributed by atoms with van der Waals surface area (Å²) in [6, 6.07) is 27.2. The summed E-state index contributed by atoms with van der Waals surface area (Å²) in [6.45, 7) is 4.03. The number of fused-ring (bicyclic) bond motifs is 1. The first kappa shape index (κ1) is 40.8. The highest BCUT2D eigenvalue weighted by Crippen LogP contribution is 2.27. The number of carbonyl (C=O) groups is 3. The number of benzene rings is 4. The third kappa shape index (κ3) is 9.99. The molecule has 0 aliphatic carbocycles. The van der Waals surface area contributed by atoms with Crippen molar-refractivity contribution in [1.29, 1.82) is 0 Å². The van der Waals surface area contributed by atoms with Gasteiger partial charge in [0.1, 0.15) is 17.8 Å². The first-order chi connectivity index (χ1) is 29.0. The molecule has 308 valence electrons. The number of hydrogen-bond donors (Lipinski definition) is 6. The van der Waals surface area contributed by atoms with E-state index in [4.69, 9.17) is 25.7 Å². The number of nitrogens with one attached hydrogen (secondary N) is 3. The van der Waals surface area contributed by atoms with Gasteiger partial charge in [-0.1, -0.05) is 78.0 Å². The molecule has 0 unspecified atom stereocenters. The number of aromatic nitrogens is 5. The van der Waals surface area contributed by atoms with Gasteiger partial charge in [-0.2, -0.15) is 4.98 Å². The van der Waals surface area contributed by atoms with Crippen molar-refractivity contribution >= 4 is 34.8 Å². The number of hydrogen-bond acceptors (Lipinski definition) is 10. The fourth-order valence-corrected chi connectivity index (χ4v) is 7.43. The number of para-hydroxylation sites is 1. The largest absolute Gasteiger partial charge is 0.508 e. The summed E-state index contributed by atoms with van der Waals surface area (Å²) in [4.78, 5) is 52.6. The van der Waals surface area contributed by atoms with E-state index in [1.54, 1.807) is 29.1 Å². The number of nitrogen functional groups attached to an aromatic ring is 1. The maximum Gasteiger partial charge on any atom is 0.405 e. The molecular weight excluding hydrogens is 763 g/mol. The maximum atomic E-state index is 14.6. The number of nitrogens with two attached hydrogens (primary N) is 2. The zero-order valence-corrected chi connectivity index (χ0v) is 33.3. The van der Waals surface area contributed by atoms with Gasteiger partial charge < -0.3 is 46.0 Å². The van der Waals surface area contributed by atoms with Gasteiger partial charge in [0.15, 0.2) is 17.9 Å². The normalized spacial score (nSPS) is 12.8. The van der Waals surface area contributed by atoms with Crippen LogP contribution in [0.3, 0.4) is 0 Å². The molecule has 15 heteroatoms.